The Kier molecular flexibility index (Phi) is 13.2. The van der Waals surface area contributed by atoms with Crippen LogP contribution >= 0.6 is 0 Å². The molecule has 0 aliphatic carbocycles. The Labute approximate surface area is 271 Å². The maximum Gasteiger partial charge on any atom is 0.409 e. The molecule has 1 aromatic heterocycles. The maximum atomic E-state index is 13.4. The van der Waals surface area contributed by atoms with Crippen molar-refractivity contribution in [2.75, 3.05) is 47.6 Å². The van der Waals surface area contributed by atoms with Crippen LogP contribution in [0.4, 0.5) is 4.79 Å². The first-order valence-corrected chi connectivity index (χ1v) is 15.9. The van der Waals surface area contributed by atoms with Gasteiger partial charge in [-0.2, -0.15) is 0 Å². The van der Waals surface area contributed by atoms with Crippen LogP contribution in [0.15, 0.2) is 67.0 Å². The van der Waals surface area contributed by atoms with Gasteiger partial charge in [-0.1, -0.05) is 36.4 Å². The van der Waals surface area contributed by atoms with Gasteiger partial charge in [0.05, 0.1) is 27.4 Å². The van der Waals surface area contributed by atoms with E-state index < -0.39 is 17.8 Å². The van der Waals surface area contributed by atoms with Crippen LogP contribution in [0, 0.1) is 0 Å². The number of methoxy groups -OCH3 is 3. The SMILES string of the molecule is COc1cc(C(=O)C(=O)N2CCC[C@H]2COC(=O)N(CCCCc2ccccc2)CCCCc2cccnc2)cc(OC)c1OC. The minimum atomic E-state index is -0.689. The van der Waals surface area contributed by atoms with Gasteiger partial charge in [0.2, 0.25) is 5.75 Å². The quantitative estimate of drug-likeness (QED) is 0.105. The molecule has 2 heterocycles. The van der Waals surface area contributed by atoms with E-state index in [0.717, 1.165) is 38.5 Å². The van der Waals surface area contributed by atoms with Crippen LogP contribution in [0.2, 0.25) is 0 Å². The van der Waals surface area contributed by atoms with E-state index in [4.69, 9.17) is 18.9 Å². The lowest BCUT2D eigenvalue weighted by molar-refractivity contribution is -0.128. The molecular formula is C36H45N3O7. The fourth-order valence-electron chi connectivity index (χ4n) is 5.75. The summed E-state index contributed by atoms with van der Waals surface area (Å²) in [6.45, 7) is 1.61. The van der Waals surface area contributed by atoms with Crippen LogP contribution < -0.4 is 14.2 Å². The predicted octanol–water partition coefficient (Wildman–Crippen LogP) is 5.77. The Bertz CT molecular complexity index is 1350. The third kappa shape index (κ3) is 9.45. The summed E-state index contributed by atoms with van der Waals surface area (Å²) in [5.41, 5.74) is 2.59. The molecular weight excluding hydrogens is 586 g/mol. The first-order chi connectivity index (χ1) is 22.4. The minimum Gasteiger partial charge on any atom is -0.493 e. The van der Waals surface area contributed by atoms with Crippen molar-refractivity contribution >= 4 is 17.8 Å². The van der Waals surface area contributed by atoms with Crippen molar-refractivity contribution in [1.82, 2.24) is 14.8 Å². The van der Waals surface area contributed by atoms with Crippen LogP contribution in [0.5, 0.6) is 17.2 Å². The Morgan fingerprint density at radius 2 is 1.50 bits per heavy atom. The number of ketones is 1. The third-order valence-corrected chi connectivity index (χ3v) is 8.27. The molecule has 10 nitrogen and oxygen atoms in total. The smallest absolute Gasteiger partial charge is 0.409 e. The zero-order chi connectivity index (χ0) is 32.7. The minimum absolute atomic E-state index is 0.0311. The van der Waals surface area contributed by atoms with Crippen molar-refractivity contribution in [1.29, 1.82) is 0 Å². The Morgan fingerprint density at radius 3 is 2.11 bits per heavy atom. The van der Waals surface area contributed by atoms with Gasteiger partial charge in [-0.15, -0.1) is 0 Å². The fourth-order valence-corrected chi connectivity index (χ4v) is 5.75. The van der Waals surface area contributed by atoms with Gasteiger partial charge >= 0.3 is 6.09 Å². The van der Waals surface area contributed by atoms with Crippen LogP contribution in [-0.4, -0.2) is 86.2 Å². The largest absolute Gasteiger partial charge is 0.493 e. The molecule has 0 spiro atoms. The number of rotatable bonds is 17. The summed E-state index contributed by atoms with van der Waals surface area (Å²) in [4.78, 5) is 47.5. The van der Waals surface area contributed by atoms with Crippen LogP contribution in [0.1, 0.15) is 60.0 Å². The van der Waals surface area contributed by atoms with Gasteiger partial charge in [-0.05, 0) is 80.7 Å². The molecule has 0 radical (unpaired) electrons. The summed E-state index contributed by atoms with van der Waals surface area (Å²) in [5, 5.41) is 0. The summed E-state index contributed by atoms with van der Waals surface area (Å²) in [6, 6.07) is 16.9. The molecule has 0 saturated carbocycles. The van der Waals surface area contributed by atoms with Gasteiger partial charge in [0.15, 0.2) is 11.5 Å². The number of benzene rings is 2. The first-order valence-electron chi connectivity index (χ1n) is 15.9. The average Bonchev–Trinajstić information content (AvgIpc) is 3.58. The second kappa shape index (κ2) is 17.8. The molecule has 46 heavy (non-hydrogen) atoms. The van der Waals surface area contributed by atoms with E-state index in [1.807, 2.05) is 30.5 Å². The molecule has 2 aromatic carbocycles. The molecule has 0 N–H and O–H groups in total. The van der Waals surface area contributed by atoms with Gasteiger partial charge in [-0.25, -0.2) is 4.79 Å². The van der Waals surface area contributed by atoms with Crippen molar-refractivity contribution in [3.8, 4) is 17.2 Å². The van der Waals surface area contributed by atoms with Crippen molar-refractivity contribution in [2.45, 2.75) is 57.4 Å². The lowest BCUT2D eigenvalue weighted by Gasteiger charge is -2.26. The number of unbranched alkanes of at least 4 members (excludes halogenated alkanes) is 2. The lowest BCUT2D eigenvalue weighted by atomic mass is 10.1. The number of hydrogen-bond donors (Lipinski definition) is 0. The fraction of sp³-hybridized carbons (Fsp3) is 0.444. The Morgan fingerprint density at radius 1 is 0.848 bits per heavy atom. The second-order valence-electron chi connectivity index (χ2n) is 11.4. The topological polar surface area (TPSA) is 108 Å². The highest BCUT2D eigenvalue weighted by Gasteiger charge is 2.35. The number of ether oxygens (including phenoxy) is 4. The molecule has 1 saturated heterocycles. The summed E-state index contributed by atoms with van der Waals surface area (Å²) < 4.78 is 21.8. The highest BCUT2D eigenvalue weighted by molar-refractivity contribution is 6.43. The molecule has 2 amide bonds. The Balaban J connectivity index is 1.34. The molecule has 0 unspecified atom stereocenters. The van der Waals surface area contributed by atoms with E-state index in [-0.39, 0.29) is 29.7 Å². The zero-order valence-corrected chi connectivity index (χ0v) is 27.1. The number of amides is 2. The molecule has 1 atom stereocenters. The number of hydrogen-bond acceptors (Lipinski definition) is 8. The van der Waals surface area contributed by atoms with E-state index in [1.165, 1.54) is 49.5 Å². The van der Waals surface area contributed by atoms with Crippen LogP contribution in [0.25, 0.3) is 0 Å². The van der Waals surface area contributed by atoms with Gasteiger partial charge in [-0.3, -0.25) is 14.6 Å². The summed E-state index contributed by atoms with van der Waals surface area (Å²) >= 11 is 0. The number of Topliss-reactive ketones (excluding diaryl/α,β-unsaturated/α-hetero) is 1. The molecule has 0 bridgehead atoms. The van der Waals surface area contributed by atoms with E-state index >= 15 is 0 Å². The maximum absolute atomic E-state index is 13.4. The number of carbonyl (C=O) groups is 3. The van der Waals surface area contributed by atoms with E-state index in [9.17, 15) is 14.4 Å². The molecule has 1 aliphatic rings. The van der Waals surface area contributed by atoms with Gasteiger partial charge in [0, 0.05) is 37.6 Å². The molecule has 246 valence electrons. The lowest BCUT2D eigenvalue weighted by Crippen LogP contribution is -2.43. The molecule has 1 fully saturated rings. The number of pyridine rings is 1. The summed E-state index contributed by atoms with van der Waals surface area (Å²) in [5.74, 6) is -0.433. The van der Waals surface area contributed by atoms with Crippen molar-refractivity contribution in [3.05, 3.63) is 83.7 Å². The van der Waals surface area contributed by atoms with Crippen LogP contribution in [0.3, 0.4) is 0 Å². The highest BCUT2D eigenvalue weighted by atomic mass is 16.6. The monoisotopic (exact) mass is 631 g/mol. The number of carbonyl (C=O) groups excluding carboxylic acids is 3. The molecule has 4 rings (SSSR count). The summed E-state index contributed by atoms with van der Waals surface area (Å²) in [7, 11) is 4.37. The number of nitrogens with zero attached hydrogens (tertiary/aromatic N) is 3. The molecule has 3 aromatic rings. The van der Waals surface area contributed by atoms with Crippen molar-refractivity contribution in [3.63, 3.8) is 0 Å². The van der Waals surface area contributed by atoms with E-state index in [1.54, 1.807) is 11.1 Å². The zero-order valence-electron chi connectivity index (χ0n) is 27.1. The van der Waals surface area contributed by atoms with E-state index in [2.05, 4.69) is 23.2 Å². The first kappa shape index (κ1) is 34.3. The predicted molar refractivity (Wildman–Crippen MR) is 175 cm³/mol. The van der Waals surface area contributed by atoms with Crippen LogP contribution in [-0.2, 0) is 22.4 Å². The normalized spacial score (nSPS) is 14.1. The van der Waals surface area contributed by atoms with Gasteiger partial charge in [0.25, 0.3) is 11.7 Å². The van der Waals surface area contributed by atoms with E-state index in [0.29, 0.717) is 38.2 Å². The number of aromatic nitrogens is 1. The van der Waals surface area contributed by atoms with Gasteiger partial charge in [0.1, 0.15) is 6.61 Å². The third-order valence-electron chi connectivity index (χ3n) is 8.27. The van der Waals surface area contributed by atoms with Crippen molar-refractivity contribution < 1.29 is 33.3 Å². The van der Waals surface area contributed by atoms with Crippen molar-refractivity contribution in [2.24, 2.45) is 0 Å². The average molecular weight is 632 g/mol. The highest BCUT2D eigenvalue weighted by Crippen LogP contribution is 2.38. The molecule has 10 heteroatoms. The van der Waals surface area contributed by atoms with Gasteiger partial charge < -0.3 is 28.7 Å². The number of likely N-dealkylation sites (tertiary alicyclic amines) is 1. The number of aryl methyl sites for hydroxylation is 2. The second-order valence-corrected chi connectivity index (χ2v) is 11.4. The standard InChI is InChI=1S/C36H45N3O7/c1-43-31-23-29(24-32(44-2)34(31)45-3)33(40)35(41)39-22-12-18-30(39)26-46-36(42)38(20-9-7-15-27-13-5-4-6-14-27)21-10-8-16-28-17-11-19-37-25-28/h4-6,11,13-14,17,19,23-25,30H,7-10,12,15-16,18,20-22,26H2,1-3H3/t30-/m0/s1. The molecule has 1 aliphatic heterocycles. The Hall–Kier alpha value is -4.60. The summed E-state index contributed by atoms with van der Waals surface area (Å²) in [6.07, 6.45) is 10.0.